The van der Waals surface area contributed by atoms with E-state index in [4.69, 9.17) is 16.3 Å². The summed E-state index contributed by atoms with van der Waals surface area (Å²) in [5, 5.41) is 1.11. The van der Waals surface area contributed by atoms with E-state index in [0.717, 1.165) is 24.3 Å². The first-order valence-corrected chi connectivity index (χ1v) is 11.3. The lowest BCUT2D eigenvalue weighted by molar-refractivity contribution is 0.342. The van der Waals surface area contributed by atoms with Crippen LogP contribution >= 0.6 is 17.7 Å². The Bertz CT molecular complexity index is 472. The number of thiol groups is 1. The molecule has 0 aliphatic heterocycles. The van der Waals surface area contributed by atoms with Crippen molar-refractivity contribution in [3.63, 3.8) is 0 Å². The fourth-order valence-electron chi connectivity index (χ4n) is 2.13. The number of aryl methyl sites for hydroxylation is 1. The molecule has 0 saturated heterocycles. The first-order valence-electron chi connectivity index (χ1n) is 7.38. The van der Waals surface area contributed by atoms with Gasteiger partial charge in [-0.25, -0.2) is 0 Å². The fraction of sp³-hybridized carbons (Fsp3) is 0.625. The second kappa shape index (κ2) is 8.58. The van der Waals surface area contributed by atoms with Crippen molar-refractivity contribution < 1.29 is 4.52 Å². The minimum Gasteiger partial charge on any atom is -0.338 e. The van der Waals surface area contributed by atoms with Gasteiger partial charge in [0.15, 0.2) is 0 Å². The van der Waals surface area contributed by atoms with Crippen molar-refractivity contribution in [2.45, 2.75) is 53.4 Å². The van der Waals surface area contributed by atoms with Gasteiger partial charge in [0.05, 0.1) is 6.61 Å². The second-order valence-corrected chi connectivity index (χ2v) is 11.6. The molecule has 0 saturated carbocycles. The van der Waals surface area contributed by atoms with Crippen molar-refractivity contribution in [3.05, 3.63) is 29.3 Å². The van der Waals surface area contributed by atoms with Crippen LogP contribution in [0.1, 0.15) is 50.7 Å². The number of benzene rings is 1. The van der Waals surface area contributed by atoms with E-state index in [1.165, 1.54) is 30.4 Å². The van der Waals surface area contributed by atoms with Gasteiger partial charge in [0.2, 0.25) is 0 Å². The lowest BCUT2D eigenvalue weighted by Crippen LogP contribution is -2.09. The molecule has 0 spiro atoms. The van der Waals surface area contributed by atoms with Crippen LogP contribution in [0.15, 0.2) is 18.2 Å². The third kappa shape index (κ3) is 5.89. The Morgan fingerprint density at radius 3 is 2.55 bits per heavy atom. The zero-order valence-corrected chi connectivity index (χ0v) is 15.7. The molecule has 0 heterocycles. The van der Waals surface area contributed by atoms with Gasteiger partial charge >= 0.3 is 0 Å². The van der Waals surface area contributed by atoms with Crippen LogP contribution < -0.4 is 5.30 Å². The molecule has 1 unspecified atom stereocenters. The number of hydrogen-bond acceptors (Lipinski definition) is 2. The van der Waals surface area contributed by atoms with Gasteiger partial charge in [-0.2, -0.15) is 0 Å². The maximum atomic E-state index is 5.95. The van der Waals surface area contributed by atoms with Crippen LogP contribution in [0.2, 0.25) is 0 Å². The highest BCUT2D eigenvalue weighted by Crippen LogP contribution is 2.52. The normalized spacial score (nSPS) is 14.5. The third-order valence-corrected chi connectivity index (χ3v) is 7.10. The van der Waals surface area contributed by atoms with E-state index in [0.29, 0.717) is 0 Å². The minimum atomic E-state index is -2.15. The van der Waals surface area contributed by atoms with Crippen molar-refractivity contribution in [3.8, 4) is 0 Å². The molecule has 0 amide bonds. The highest BCUT2D eigenvalue weighted by atomic mass is 32.9. The largest absolute Gasteiger partial charge is 0.338 e. The molecule has 0 N–H and O–H groups in total. The summed E-state index contributed by atoms with van der Waals surface area (Å²) in [5.74, 6) is 0.793. The van der Waals surface area contributed by atoms with Crippen LogP contribution in [0.3, 0.4) is 0 Å². The van der Waals surface area contributed by atoms with E-state index in [9.17, 15) is 0 Å². The maximum Gasteiger partial charge on any atom is 0.145 e. The van der Waals surface area contributed by atoms with Crippen LogP contribution in [0, 0.1) is 19.8 Å². The molecule has 1 rings (SSSR count). The predicted octanol–water partition coefficient (Wildman–Crippen LogP) is 5.40. The summed E-state index contributed by atoms with van der Waals surface area (Å²) in [4.78, 5) is 0. The van der Waals surface area contributed by atoms with E-state index >= 15 is 0 Å². The average molecular weight is 330 g/mol. The minimum absolute atomic E-state index is 0.728. The molecule has 0 aromatic heterocycles. The van der Waals surface area contributed by atoms with E-state index in [1.54, 1.807) is 0 Å². The van der Waals surface area contributed by atoms with Crippen molar-refractivity contribution >= 4 is 34.8 Å². The smallest absolute Gasteiger partial charge is 0.145 e. The molecule has 1 nitrogen and oxygen atoms in total. The molecule has 0 aliphatic rings. The van der Waals surface area contributed by atoms with Crippen molar-refractivity contribution in [1.29, 1.82) is 0 Å². The van der Waals surface area contributed by atoms with Gasteiger partial charge in [0, 0.05) is 5.30 Å². The lowest BCUT2D eigenvalue weighted by atomic mass is 10.1. The molecule has 20 heavy (non-hydrogen) atoms. The standard InChI is InChI=1S/C16H27OPS2/c1-13(2)9-6-5-7-12-17-18(19,20)16-11-8-10-14(3)15(16)4/h8,10-11,13H,5-7,9,12H2,1-4H3,(H,19,20). The topological polar surface area (TPSA) is 9.23 Å². The van der Waals surface area contributed by atoms with Gasteiger partial charge in [-0.05, 0) is 37.3 Å². The van der Waals surface area contributed by atoms with Gasteiger partial charge in [-0.1, -0.05) is 63.1 Å². The molecule has 1 aromatic rings. The van der Waals surface area contributed by atoms with E-state index in [-0.39, 0.29) is 0 Å². The molecule has 1 atom stereocenters. The zero-order valence-electron chi connectivity index (χ0n) is 13.1. The molecular weight excluding hydrogens is 303 g/mol. The fourth-order valence-corrected chi connectivity index (χ4v) is 5.23. The Kier molecular flexibility index (Phi) is 7.82. The summed E-state index contributed by atoms with van der Waals surface area (Å²) in [5.41, 5.74) is 0.334. The summed E-state index contributed by atoms with van der Waals surface area (Å²) < 4.78 is 5.95. The van der Waals surface area contributed by atoms with Crippen LogP contribution in [0.4, 0.5) is 0 Å². The lowest BCUT2D eigenvalue weighted by Gasteiger charge is -2.20. The molecular formula is C16H27OPS2. The Morgan fingerprint density at radius 2 is 1.90 bits per heavy atom. The molecule has 0 aliphatic carbocycles. The summed E-state index contributed by atoms with van der Waals surface area (Å²) in [6.07, 6.45) is 4.87. The summed E-state index contributed by atoms with van der Waals surface area (Å²) >= 11 is 10.3. The number of hydrogen-bond donors (Lipinski definition) is 1. The van der Waals surface area contributed by atoms with Crippen LogP contribution in [-0.4, -0.2) is 6.61 Å². The van der Waals surface area contributed by atoms with Crippen LogP contribution in [-0.2, 0) is 16.3 Å². The van der Waals surface area contributed by atoms with E-state index < -0.39 is 5.47 Å². The molecule has 0 bridgehead atoms. The molecule has 1 aromatic carbocycles. The predicted molar refractivity (Wildman–Crippen MR) is 98.1 cm³/mol. The Labute approximate surface area is 134 Å². The SMILES string of the molecule is Cc1cccc(P(=S)(S)OCCCCCC(C)C)c1C. The van der Waals surface area contributed by atoms with E-state index in [1.807, 2.05) is 6.07 Å². The van der Waals surface area contributed by atoms with Gasteiger partial charge < -0.3 is 4.52 Å². The average Bonchev–Trinajstić information content (AvgIpc) is 2.36. The Hall–Kier alpha value is 0.180. The van der Waals surface area contributed by atoms with Crippen molar-refractivity contribution in [1.82, 2.24) is 0 Å². The molecule has 114 valence electrons. The second-order valence-electron chi connectivity index (χ2n) is 5.82. The van der Waals surface area contributed by atoms with Crippen molar-refractivity contribution in [2.75, 3.05) is 6.61 Å². The summed E-state index contributed by atoms with van der Waals surface area (Å²) in [6, 6.07) is 6.21. The third-order valence-electron chi connectivity index (χ3n) is 3.57. The summed E-state index contributed by atoms with van der Waals surface area (Å²) in [7, 11) is 0. The van der Waals surface area contributed by atoms with Gasteiger partial charge in [0.25, 0.3) is 0 Å². The first-order chi connectivity index (χ1) is 9.34. The van der Waals surface area contributed by atoms with Crippen LogP contribution in [0.25, 0.3) is 0 Å². The van der Waals surface area contributed by atoms with E-state index in [2.05, 4.69) is 52.1 Å². The Morgan fingerprint density at radius 1 is 1.20 bits per heavy atom. The summed E-state index contributed by atoms with van der Waals surface area (Å²) in [6.45, 7) is 9.48. The van der Waals surface area contributed by atoms with Crippen LogP contribution in [0.5, 0.6) is 0 Å². The molecule has 4 heteroatoms. The first kappa shape index (κ1) is 18.2. The van der Waals surface area contributed by atoms with Crippen molar-refractivity contribution in [2.24, 2.45) is 5.92 Å². The monoisotopic (exact) mass is 330 g/mol. The maximum absolute atomic E-state index is 5.95. The Balaban J connectivity index is 2.46. The number of rotatable bonds is 8. The van der Waals surface area contributed by atoms with Gasteiger partial charge in [-0.15, -0.1) is 12.2 Å². The highest BCUT2D eigenvalue weighted by Gasteiger charge is 2.18. The van der Waals surface area contributed by atoms with Gasteiger partial charge in [0.1, 0.15) is 5.47 Å². The molecule has 0 radical (unpaired) electrons. The van der Waals surface area contributed by atoms with Gasteiger partial charge in [-0.3, -0.25) is 0 Å². The number of unbranched alkanes of at least 4 members (excludes halogenated alkanes) is 2. The quantitative estimate of drug-likeness (QED) is 0.388. The molecule has 0 fully saturated rings. The zero-order chi connectivity index (χ0) is 15.2. The highest BCUT2D eigenvalue weighted by molar-refractivity contribution is 8.64.